The summed E-state index contributed by atoms with van der Waals surface area (Å²) in [6, 6.07) is 14.0. The van der Waals surface area contributed by atoms with E-state index in [0.29, 0.717) is 25.2 Å². The summed E-state index contributed by atoms with van der Waals surface area (Å²) in [6.45, 7) is 3.67. The molecule has 3 nitrogen and oxygen atoms in total. The molecule has 1 atom stereocenters. The lowest BCUT2D eigenvalue weighted by molar-refractivity contribution is -0.137. The molecule has 2 aromatic carbocycles. The number of aryl methyl sites for hydroxylation is 1. The second-order valence-electron chi connectivity index (χ2n) is 6.14. The van der Waals surface area contributed by atoms with Crippen LogP contribution in [0.3, 0.4) is 0 Å². The van der Waals surface area contributed by atoms with Crippen molar-refractivity contribution in [1.29, 1.82) is 0 Å². The van der Waals surface area contributed by atoms with Gasteiger partial charge in [-0.3, -0.25) is 4.79 Å². The van der Waals surface area contributed by atoms with Gasteiger partial charge in [0.15, 0.2) is 0 Å². The van der Waals surface area contributed by atoms with Gasteiger partial charge in [0.2, 0.25) is 0 Å². The number of hydrogen-bond acceptors (Lipinski definition) is 2. The molecular weight excluding hydrogens is 353 g/mol. The molecule has 1 fully saturated rings. The summed E-state index contributed by atoms with van der Waals surface area (Å²) in [5, 5.41) is 3.10. The highest BCUT2D eigenvalue weighted by Crippen LogP contribution is 2.41. The predicted octanol–water partition coefficient (Wildman–Crippen LogP) is 4.05. The summed E-state index contributed by atoms with van der Waals surface area (Å²) < 4.78 is 38.7. The van der Waals surface area contributed by atoms with Crippen LogP contribution in [0.25, 0.3) is 0 Å². The van der Waals surface area contributed by atoms with Crippen LogP contribution in [-0.4, -0.2) is 30.4 Å². The van der Waals surface area contributed by atoms with Crippen molar-refractivity contribution < 1.29 is 18.0 Å². The van der Waals surface area contributed by atoms with Gasteiger partial charge in [0.25, 0.3) is 5.91 Å². The van der Waals surface area contributed by atoms with Gasteiger partial charge in [-0.2, -0.15) is 13.2 Å². The number of carbonyl (C=O) groups excluding carboxylic acids is 1. The molecule has 2 aromatic rings. The van der Waals surface area contributed by atoms with E-state index in [2.05, 4.69) is 37.2 Å². The van der Waals surface area contributed by atoms with Crippen molar-refractivity contribution in [2.75, 3.05) is 19.6 Å². The molecule has 2 aliphatic heterocycles. The van der Waals surface area contributed by atoms with Crippen LogP contribution in [0.5, 0.6) is 0 Å². The molecule has 6 heteroatoms. The smallest absolute Gasteiger partial charge is 0.329 e. The largest absolute Gasteiger partial charge is 0.417 e. The van der Waals surface area contributed by atoms with Gasteiger partial charge in [0.1, 0.15) is 0 Å². The predicted molar refractivity (Wildman–Crippen MR) is 99.2 cm³/mol. The van der Waals surface area contributed by atoms with Crippen LogP contribution in [0, 0.1) is 19.8 Å². The van der Waals surface area contributed by atoms with E-state index in [4.69, 9.17) is 0 Å². The van der Waals surface area contributed by atoms with Gasteiger partial charge in [-0.1, -0.05) is 48.0 Å². The third kappa shape index (κ3) is 4.50. The number of nitrogens with zero attached hydrogens (tertiary/aromatic N) is 1. The molecule has 0 aliphatic carbocycles. The molecule has 0 radical (unpaired) electrons. The van der Waals surface area contributed by atoms with Crippen molar-refractivity contribution in [2.45, 2.75) is 19.1 Å². The first-order chi connectivity index (χ1) is 12.9. The second kappa shape index (κ2) is 8.74. The number of piperazine rings is 1. The van der Waals surface area contributed by atoms with E-state index >= 15 is 0 Å². The Hall–Kier alpha value is -2.78. The van der Waals surface area contributed by atoms with Crippen LogP contribution in [0.2, 0.25) is 0 Å². The molecule has 0 spiro atoms. The van der Waals surface area contributed by atoms with Crippen molar-refractivity contribution in [1.82, 2.24) is 10.2 Å². The maximum absolute atomic E-state index is 12.9. The van der Waals surface area contributed by atoms with Crippen molar-refractivity contribution in [3.63, 3.8) is 0 Å². The Morgan fingerprint density at radius 3 is 2.30 bits per heavy atom. The van der Waals surface area contributed by atoms with Crippen molar-refractivity contribution in [3.8, 4) is 12.8 Å². The molecule has 2 aliphatic rings. The fourth-order valence-corrected chi connectivity index (χ4v) is 3.23. The Kier molecular flexibility index (Phi) is 6.65. The Labute approximate surface area is 157 Å². The van der Waals surface area contributed by atoms with Crippen LogP contribution < -0.4 is 5.32 Å². The molecule has 0 aromatic heterocycles. The molecular formula is C21H21F3N2O. The number of terminal acetylenes is 1. The quantitative estimate of drug-likeness (QED) is 0.706. The molecule has 27 heavy (non-hydrogen) atoms. The van der Waals surface area contributed by atoms with E-state index in [1.807, 2.05) is 18.2 Å². The zero-order valence-corrected chi connectivity index (χ0v) is 15.0. The van der Waals surface area contributed by atoms with Gasteiger partial charge in [0, 0.05) is 19.6 Å². The van der Waals surface area contributed by atoms with Crippen molar-refractivity contribution in [2.24, 2.45) is 0 Å². The summed E-state index contributed by atoms with van der Waals surface area (Å²) in [5.41, 5.74) is 0.822. The van der Waals surface area contributed by atoms with Gasteiger partial charge >= 0.3 is 6.18 Å². The molecule has 0 saturated carbocycles. The molecule has 1 saturated heterocycles. The number of amides is 1. The average Bonchev–Trinajstić information content (AvgIpc) is 2.97. The SMILES string of the molecule is C#C.Cc1ccccc1.O=C1c2c(cccc2C(F)(F)F)C2CNCCN12. The fourth-order valence-electron chi connectivity index (χ4n) is 3.23. The maximum Gasteiger partial charge on any atom is 0.417 e. The minimum Gasteiger partial charge on any atom is -0.329 e. The number of rotatable bonds is 0. The van der Waals surface area contributed by atoms with E-state index in [9.17, 15) is 18.0 Å². The first-order valence-corrected chi connectivity index (χ1v) is 8.46. The standard InChI is InChI=1S/C12H11F3N2O.C7H8.C2H2/c13-12(14,15)8-3-1-2-7-9-6-16-4-5-17(9)11(18)10(7)8;1-7-5-3-2-4-6-7;1-2/h1-3,9,16H,4-6H2;2-6H,1H3;1-2H. The van der Waals surface area contributed by atoms with Crippen LogP contribution in [0.15, 0.2) is 48.5 Å². The molecule has 142 valence electrons. The molecule has 1 N–H and O–H groups in total. The number of hydrogen-bond donors (Lipinski definition) is 1. The topological polar surface area (TPSA) is 32.3 Å². The van der Waals surface area contributed by atoms with E-state index in [0.717, 1.165) is 6.07 Å². The van der Waals surface area contributed by atoms with Crippen LogP contribution in [-0.2, 0) is 6.18 Å². The molecule has 1 amide bonds. The summed E-state index contributed by atoms with van der Waals surface area (Å²) in [6.07, 6.45) is 3.52. The zero-order chi connectivity index (χ0) is 20.0. The number of nitrogens with one attached hydrogen (secondary N) is 1. The lowest BCUT2D eigenvalue weighted by Gasteiger charge is -2.30. The number of benzene rings is 2. The fraction of sp³-hybridized carbons (Fsp3) is 0.286. The summed E-state index contributed by atoms with van der Waals surface area (Å²) in [4.78, 5) is 13.6. The summed E-state index contributed by atoms with van der Waals surface area (Å²) in [7, 11) is 0. The van der Waals surface area contributed by atoms with E-state index < -0.39 is 17.6 Å². The highest BCUT2D eigenvalue weighted by Gasteiger charge is 2.44. The average molecular weight is 374 g/mol. The maximum atomic E-state index is 12.9. The highest BCUT2D eigenvalue weighted by molar-refractivity contribution is 6.01. The van der Waals surface area contributed by atoms with Gasteiger partial charge in [0.05, 0.1) is 17.2 Å². The first-order valence-electron chi connectivity index (χ1n) is 8.46. The molecule has 1 unspecified atom stereocenters. The Bertz CT molecular complexity index is 800. The highest BCUT2D eigenvalue weighted by atomic mass is 19.4. The number of carbonyl (C=O) groups is 1. The van der Waals surface area contributed by atoms with E-state index in [1.165, 1.54) is 16.5 Å². The first kappa shape index (κ1) is 20.5. The number of alkyl halides is 3. The molecule has 4 rings (SSSR count). The Morgan fingerprint density at radius 1 is 1.07 bits per heavy atom. The van der Waals surface area contributed by atoms with Gasteiger partial charge in [-0.15, -0.1) is 12.8 Å². The van der Waals surface area contributed by atoms with Crippen LogP contribution in [0.1, 0.15) is 33.1 Å². The van der Waals surface area contributed by atoms with E-state index in [1.54, 1.807) is 6.07 Å². The third-order valence-electron chi connectivity index (χ3n) is 4.42. The van der Waals surface area contributed by atoms with Gasteiger partial charge in [-0.05, 0) is 18.6 Å². The second-order valence-corrected chi connectivity index (χ2v) is 6.14. The monoisotopic (exact) mass is 374 g/mol. The lowest BCUT2D eigenvalue weighted by atomic mass is 9.99. The zero-order valence-electron chi connectivity index (χ0n) is 15.0. The van der Waals surface area contributed by atoms with Crippen molar-refractivity contribution in [3.05, 3.63) is 70.8 Å². The van der Waals surface area contributed by atoms with Gasteiger partial charge in [-0.25, -0.2) is 0 Å². The Balaban J connectivity index is 0.000000244. The van der Waals surface area contributed by atoms with Crippen LogP contribution in [0.4, 0.5) is 13.2 Å². The minimum absolute atomic E-state index is 0.168. The third-order valence-corrected chi connectivity index (χ3v) is 4.42. The van der Waals surface area contributed by atoms with E-state index in [-0.39, 0.29) is 11.6 Å². The lowest BCUT2D eigenvalue weighted by Crippen LogP contribution is -2.44. The van der Waals surface area contributed by atoms with Crippen molar-refractivity contribution >= 4 is 5.91 Å². The molecule has 2 heterocycles. The number of fused-ring (bicyclic) bond motifs is 3. The minimum atomic E-state index is -4.48. The van der Waals surface area contributed by atoms with Gasteiger partial charge < -0.3 is 10.2 Å². The Morgan fingerprint density at radius 2 is 1.74 bits per heavy atom. The number of halogens is 3. The summed E-state index contributed by atoms with van der Waals surface area (Å²) in [5.74, 6) is -0.496. The molecule has 0 bridgehead atoms. The summed E-state index contributed by atoms with van der Waals surface area (Å²) >= 11 is 0. The van der Waals surface area contributed by atoms with Crippen LogP contribution >= 0.6 is 0 Å². The normalized spacial score (nSPS) is 17.6.